The van der Waals surface area contributed by atoms with Gasteiger partial charge >= 0.3 is 6.09 Å². The molecular formula is C30H35F3N6O3. The zero-order chi connectivity index (χ0) is 30.2. The van der Waals surface area contributed by atoms with Gasteiger partial charge in [-0.15, -0.1) is 0 Å². The summed E-state index contributed by atoms with van der Waals surface area (Å²) in [5, 5.41) is 2.81. The Hall–Kier alpha value is -4.22. The smallest absolute Gasteiger partial charge is 0.410 e. The summed E-state index contributed by atoms with van der Waals surface area (Å²) in [6.07, 6.45) is 0.602. The van der Waals surface area contributed by atoms with E-state index in [0.29, 0.717) is 50.7 Å². The quantitative estimate of drug-likeness (QED) is 0.393. The molecule has 5 rings (SSSR count). The molecule has 0 unspecified atom stereocenters. The fourth-order valence-corrected chi connectivity index (χ4v) is 5.00. The number of ether oxygens (including phenoxy) is 2. The second-order valence-corrected chi connectivity index (χ2v) is 11.6. The highest BCUT2D eigenvalue weighted by Gasteiger charge is 2.27. The molecule has 0 bridgehead atoms. The van der Waals surface area contributed by atoms with Gasteiger partial charge in [-0.3, -0.25) is 0 Å². The van der Waals surface area contributed by atoms with Crippen LogP contribution in [0.25, 0.3) is 11.3 Å². The van der Waals surface area contributed by atoms with E-state index in [2.05, 4.69) is 15.3 Å². The van der Waals surface area contributed by atoms with Crippen molar-refractivity contribution in [2.24, 2.45) is 0 Å². The summed E-state index contributed by atoms with van der Waals surface area (Å²) >= 11 is 0. The number of hydrogen-bond acceptors (Lipinski definition) is 8. The molecule has 2 aromatic carbocycles. The minimum Gasteiger partial charge on any atom is -0.486 e. The van der Waals surface area contributed by atoms with E-state index in [1.165, 1.54) is 12.1 Å². The van der Waals surface area contributed by atoms with Crippen LogP contribution in [0.15, 0.2) is 36.5 Å². The van der Waals surface area contributed by atoms with Gasteiger partial charge in [-0.1, -0.05) is 0 Å². The van der Waals surface area contributed by atoms with Gasteiger partial charge in [-0.2, -0.15) is 0 Å². The highest BCUT2D eigenvalue weighted by atomic mass is 19.1. The third-order valence-corrected chi connectivity index (χ3v) is 7.05. The van der Waals surface area contributed by atoms with Gasteiger partial charge in [0.25, 0.3) is 0 Å². The van der Waals surface area contributed by atoms with Crippen LogP contribution < -0.4 is 19.9 Å². The summed E-state index contributed by atoms with van der Waals surface area (Å²) in [6, 6.07) is 7.58. The zero-order valence-corrected chi connectivity index (χ0v) is 24.4. The van der Waals surface area contributed by atoms with Crippen LogP contribution in [0.1, 0.15) is 34.6 Å². The summed E-state index contributed by atoms with van der Waals surface area (Å²) < 4.78 is 56.0. The lowest BCUT2D eigenvalue weighted by molar-refractivity contribution is 0.0240. The summed E-state index contributed by atoms with van der Waals surface area (Å²) in [6.45, 7) is 12.3. The largest absolute Gasteiger partial charge is 0.486 e. The molecule has 9 nitrogen and oxygen atoms in total. The molecule has 2 aliphatic heterocycles. The second-order valence-electron chi connectivity index (χ2n) is 11.6. The normalized spacial score (nSPS) is 15.4. The van der Waals surface area contributed by atoms with Gasteiger partial charge in [0, 0.05) is 43.5 Å². The minimum absolute atomic E-state index is 0.0425. The van der Waals surface area contributed by atoms with Crippen LogP contribution in [0.4, 0.5) is 41.0 Å². The van der Waals surface area contributed by atoms with Crippen molar-refractivity contribution in [3.63, 3.8) is 0 Å². The van der Waals surface area contributed by atoms with Crippen LogP contribution in [0, 0.1) is 17.5 Å². The molecule has 1 fully saturated rings. The maximum absolute atomic E-state index is 15.2. The van der Waals surface area contributed by atoms with Crippen molar-refractivity contribution >= 4 is 29.1 Å². The molecule has 1 saturated heterocycles. The van der Waals surface area contributed by atoms with Crippen molar-refractivity contribution in [2.75, 3.05) is 54.4 Å². The number of nitrogens with one attached hydrogen (secondary N) is 1. The van der Waals surface area contributed by atoms with Gasteiger partial charge in [-0.25, -0.2) is 27.9 Å². The number of fused-ring (bicyclic) bond motifs is 1. The lowest BCUT2D eigenvalue weighted by atomic mass is 10.1. The molecule has 0 saturated carbocycles. The third-order valence-electron chi connectivity index (χ3n) is 7.05. The van der Waals surface area contributed by atoms with Crippen LogP contribution in [0.2, 0.25) is 0 Å². The van der Waals surface area contributed by atoms with Gasteiger partial charge in [0.1, 0.15) is 23.7 Å². The van der Waals surface area contributed by atoms with E-state index >= 15 is 4.39 Å². The summed E-state index contributed by atoms with van der Waals surface area (Å²) in [5.41, 5.74) is 0.793. The van der Waals surface area contributed by atoms with E-state index in [9.17, 15) is 13.6 Å². The first-order chi connectivity index (χ1) is 19.9. The number of carbonyl (C=O) groups excluding carboxylic acids is 1. The molecule has 3 heterocycles. The van der Waals surface area contributed by atoms with Gasteiger partial charge in [0.05, 0.1) is 24.1 Å². The standard InChI is InChI=1S/C30H35F3N6O3/c1-18(2)39-12-13-41-27-22(32)14-19(15-25(27)39)26-23(33)17-34-28(36-26)35-24-7-6-20(16-21(24)31)37-8-10-38(11-9-37)29(40)42-30(3,4)5/h6-7,14-18H,8-13H2,1-5H3,(H,34,35,36). The molecule has 2 aliphatic rings. The summed E-state index contributed by atoms with van der Waals surface area (Å²) in [7, 11) is 0. The van der Waals surface area contributed by atoms with Crippen molar-refractivity contribution < 1.29 is 27.4 Å². The average Bonchev–Trinajstić information content (AvgIpc) is 2.94. The summed E-state index contributed by atoms with van der Waals surface area (Å²) in [5.74, 6) is -1.83. The number of anilines is 4. The number of carbonyl (C=O) groups is 1. The van der Waals surface area contributed by atoms with E-state index in [4.69, 9.17) is 9.47 Å². The van der Waals surface area contributed by atoms with Crippen molar-refractivity contribution in [1.82, 2.24) is 14.9 Å². The number of nitrogens with zero attached hydrogens (tertiary/aromatic N) is 5. The fourth-order valence-electron chi connectivity index (χ4n) is 5.00. The van der Waals surface area contributed by atoms with E-state index in [0.717, 1.165) is 6.20 Å². The number of benzene rings is 2. The molecule has 3 aromatic rings. The number of amides is 1. The SMILES string of the molecule is CC(C)N1CCOc2c(F)cc(-c3nc(Nc4ccc(N5CCN(C(=O)OC(C)(C)C)CC5)cc4F)ncc3F)cc21. The Morgan fingerprint density at radius 1 is 1.00 bits per heavy atom. The molecule has 1 amide bonds. The Labute approximate surface area is 243 Å². The van der Waals surface area contributed by atoms with Gasteiger partial charge in [-0.05, 0) is 65.0 Å². The monoisotopic (exact) mass is 584 g/mol. The predicted octanol–water partition coefficient (Wildman–Crippen LogP) is 5.97. The van der Waals surface area contributed by atoms with Crippen LogP contribution >= 0.6 is 0 Å². The van der Waals surface area contributed by atoms with Crippen molar-refractivity contribution in [1.29, 1.82) is 0 Å². The number of piperazine rings is 1. The van der Waals surface area contributed by atoms with Crippen LogP contribution in [-0.2, 0) is 4.74 Å². The van der Waals surface area contributed by atoms with Gasteiger partial charge in [0.2, 0.25) is 5.95 Å². The Kier molecular flexibility index (Phi) is 8.07. The minimum atomic E-state index is -0.742. The molecule has 1 aromatic heterocycles. The number of halogens is 3. The van der Waals surface area contributed by atoms with Crippen LogP contribution in [0.5, 0.6) is 5.75 Å². The predicted molar refractivity (Wildman–Crippen MR) is 155 cm³/mol. The second kappa shape index (κ2) is 11.6. The van der Waals surface area contributed by atoms with E-state index in [1.807, 2.05) is 44.4 Å². The highest BCUT2D eigenvalue weighted by Crippen LogP contribution is 2.39. The van der Waals surface area contributed by atoms with E-state index in [-0.39, 0.29) is 40.8 Å². The topological polar surface area (TPSA) is 83.1 Å². The Balaban J connectivity index is 1.31. The lowest BCUT2D eigenvalue weighted by Crippen LogP contribution is -2.50. The zero-order valence-electron chi connectivity index (χ0n) is 24.4. The summed E-state index contributed by atoms with van der Waals surface area (Å²) in [4.78, 5) is 26.2. The van der Waals surface area contributed by atoms with Crippen molar-refractivity contribution in [2.45, 2.75) is 46.3 Å². The maximum atomic E-state index is 15.2. The molecule has 42 heavy (non-hydrogen) atoms. The maximum Gasteiger partial charge on any atom is 0.410 e. The van der Waals surface area contributed by atoms with E-state index in [1.54, 1.807) is 23.1 Å². The van der Waals surface area contributed by atoms with Crippen molar-refractivity contribution in [3.8, 4) is 17.0 Å². The molecule has 0 radical (unpaired) electrons. The van der Waals surface area contributed by atoms with E-state index < -0.39 is 23.1 Å². The molecule has 0 atom stereocenters. The van der Waals surface area contributed by atoms with Crippen LogP contribution in [-0.4, -0.2) is 71.9 Å². The van der Waals surface area contributed by atoms with Crippen LogP contribution in [0.3, 0.4) is 0 Å². The molecule has 0 spiro atoms. The Morgan fingerprint density at radius 2 is 1.74 bits per heavy atom. The fraction of sp³-hybridized carbons (Fsp3) is 0.433. The molecule has 12 heteroatoms. The van der Waals surface area contributed by atoms with Gasteiger partial charge in [0.15, 0.2) is 17.4 Å². The average molecular weight is 585 g/mol. The molecule has 1 N–H and O–H groups in total. The number of aromatic nitrogens is 2. The third kappa shape index (κ3) is 6.32. The Bertz CT molecular complexity index is 1470. The van der Waals surface area contributed by atoms with Crippen molar-refractivity contribution in [3.05, 3.63) is 54.0 Å². The lowest BCUT2D eigenvalue weighted by Gasteiger charge is -2.36. The number of rotatable bonds is 5. The molecule has 224 valence electrons. The highest BCUT2D eigenvalue weighted by molar-refractivity contribution is 5.73. The first kappa shape index (κ1) is 29.3. The first-order valence-corrected chi connectivity index (χ1v) is 13.9. The van der Waals surface area contributed by atoms with Gasteiger partial charge < -0.3 is 29.5 Å². The molecule has 0 aliphatic carbocycles. The molecular weight excluding hydrogens is 549 g/mol. The Morgan fingerprint density at radius 3 is 2.40 bits per heavy atom. The first-order valence-electron chi connectivity index (χ1n) is 13.9. The number of hydrogen-bond donors (Lipinski definition) is 1.